The first kappa shape index (κ1) is 22.0. The lowest BCUT2D eigenvalue weighted by atomic mass is 10.0. The van der Waals surface area contributed by atoms with Crippen LogP contribution >= 0.6 is 15.9 Å². The van der Waals surface area contributed by atoms with E-state index in [0.717, 1.165) is 24.4 Å². The number of likely N-dealkylation sites (N-methyl/N-ethyl adjacent to an activating group) is 1. The van der Waals surface area contributed by atoms with E-state index in [1.165, 1.54) is 6.07 Å². The summed E-state index contributed by atoms with van der Waals surface area (Å²) in [7, 11) is 1.63. The third-order valence-electron chi connectivity index (χ3n) is 4.43. The van der Waals surface area contributed by atoms with Gasteiger partial charge in [0.15, 0.2) is 10.4 Å². The number of furan rings is 1. The molecule has 2 N–H and O–H groups in total. The van der Waals surface area contributed by atoms with Gasteiger partial charge in [0.1, 0.15) is 5.75 Å². The Labute approximate surface area is 173 Å². The number of benzene rings is 1. The number of nitrogens with one attached hydrogen (secondary N) is 2. The van der Waals surface area contributed by atoms with Gasteiger partial charge in [-0.2, -0.15) is 0 Å². The van der Waals surface area contributed by atoms with Crippen molar-refractivity contribution in [1.29, 1.82) is 0 Å². The summed E-state index contributed by atoms with van der Waals surface area (Å²) in [4.78, 5) is 26.5. The van der Waals surface area contributed by atoms with Crippen LogP contribution in [0.2, 0.25) is 0 Å². The number of ether oxygens (including phenoxy) is 1. The van der Waals surface area contributed by atoms with Gasteiger partial charge in [-0.3, -0.25) is 14.5 Å². The summed E-state index contributed by atoms with van der Waals surface area (Å²) in [6, 6.07) is 11.0. The van der Waals surface area contributed by atoms with Gasteiger partial charge >= 0.3 is 0 Å². The average Bonchev–Trinajstić information content (AvgIpc) is 3.15. The lowest BCUT2D eigenvalue weighted by Crippen LogP contribution is -2.42. The summed E-state index contributed by atoms with van der Waals surface area (Å²) in [6.45, 7) is 6.16. The zero-order valence-electron chi connectivity index (χ0n) is 16.3. The molecule has 152 valence electrons. The van der Waals surface area contributed by atoms with Crippen molar-refractivity contribution in [1.82, 2.24) is 15.5 Å². The molecule has 0 radical (unpaired) electrons. The Morgan fingerprint density at radius 2 is 1.93 bits per heavy atom. The molecule has 0 aliphatic rings. The topological polar surface area (TPSA) is 83.8 Å². The highest BCUT2D eigenvalue weighted by Crippen LogP contribution is 2.23. The Bertz CT molecular complexity index is 789. The van der Waals surface area contributed by atoms with Crippen molar-refractivity contribution < 1.29 is 18.7 Å². The SMILES string of the molecule is CCN(CC)C(CNC(=O)CNC(=O)c1ccc(Br)o1)c1cccc(OC)c1. The monoisotopic (exact) mass is 451 g/mol. The molecule has 1 unspecified atom stereocenters. The van der Waals surface area contributed by atoms with Gasteiger partial charge in [-0.1, -0.05) is 26.0 Å². The number of carbonyl (C=O) groups is 2. The van der Waals surface area contributed by atoms with Crippen LogP contribution in [0.15, 0.2) is 45.5 Å². The van der Waals surface area contributed by atoms with E-state index in [4.69, 9.17) is 9.15 Å². The quantitative estimate of drug-likeness (QED) is 0.579. The van der Waals surface area contributed by atoms with Crippen LogP contribution in [0.25, 0.3) is 0 Å². The molecule has 1 heterocycles. The van der Waals surface area contributed by atoms with Gasteiger partial charge < -0.3 is 19.8 Å². The first-order chi connectivity index (χ1) is 13.5. The van der Waals surface area contributed by atoms with E-state index in [9.17, 15) is 9.59 Å². The Hall–Kier alpha value is -2.32. The summed E-state index contributed by atoms with van der Waals surface area (Å²) >= 11 is 3.14. The maximum absolute atomic E-state index is 12.2. The van der Waals surface area contributed by atoms with Crippen molar-refractivity contribution in [3.05, 3.63) is 52.4 Å². The molecule has 1 aromatic heterocycles. The van der Waals surface area contributed by atoms with Crippen LogP contribution in [0.1, 0.15) is 36.0 Å². The largest absolute Gasteiger partial charge is 0.497 e. The summed E-state index contributed by atoms with van der Waals surface area (Å²) in [5, 5.41) is 5.46. The number of nitrogens with zero attached hydrogens (tertiary/aromatic N) is 1. The second-order valence-electron chi connectivity index (χ2n) is 6.10. The van der Waals surface area contributed by atoms with Crippen LogP contribution in [0.5, 0.6) is 5.75 Å². The first-order valence-electron chi connectivity index (χ1n) is 9.16. The summed E-state index contributed by atoms with van der Waals surface area (Å²) in [5.74, 6) is 0.225. The van der Waals surface area contributed by atoms with Gasteiger partial charge in [0.05, 0.1) is 19.7 Å². The molecule has 0 aliphatic heterocycles. The van der Waals surface area contributed by atoms with Gasteiger partial charge in [0, 0.05) is 6.54 Å². The van der Waals surface area contributed by atoms with Crippen molar-refractivity contribution in [3.8, 4) is 5.75 Å². The predicted octanol–water partition coefficient (Wildman–Crippen LogP) is 2.98. The van der Waals surface area contributed by atoms with Crippen LogP contribution in [0.4, 0.5) is 0 Å². The minimum absolute atomic E-state index is 0.00535. The van der Waals surface area contributed by atoms with Crippen LogP contribution < -0.4 is 15.4 Å². The molecule has 1 atom stereocenters. The van der Waals surface area contributed by atoms with Crippen LogP contribution in [0.3, 0.4) is 0 Å². The fraction of sp³-hybridized carbons (Fsp3) is 0.400. The smallest absolute Gasteiger partial charge is 0.287 e. The molecule has 0 aliphatic carbocycles. The Morgan fingerprint density at radius 1 is 1.18 bits per heavy atom. The van der Waals surface area contributed by atoms with Gasteiger partial charge in [-0.15, -0.1) is 0 Å². The number of halogens is 1. The van der Waals surface area contributed by atoms with Crippen molar-refractivity contribution in [2.45, 2.75) is 19.9 Å². The lowest BCUT2D eigenvalue weighted by Gasteiger charge is -2.30. The molecule has 7 nitrogen and oxygen atoms in total. The Balaban J connectivity index is 1.96. The molecule has 0 fully saturated rings. The van der Waals surface area contributed by atoms with E-state index >= 15 is 0 Å². The van der Waals surface area contributed by atoms with Crippen LogP contribution in [-0.2, 0) is 4.79 Å². The van der Waals surface area contributed by atoms with Gasteiger partial charge in [0.25, 0.3) is 5.91 Å². The fourth-order valence-corrected chi connectivity index (χ4v) is 3.23. The molecule has 2 amide bonds. The second-order valence-corrected chi connectivity index (χ2v) is 6.89. The fourth-order valence-electron chi connectivity index (χ4n) is 2.93. The number of rotatable bonds is 10. The van der Waals surface area contributed by atoms with E-state index in [1.807, 2.05) is 24.3 Å². The van der Waals surface area contributed by atoms with E-state index in [-0.39, 0.29) is 24.3 Å². The summed E-state index contributed by atoms with van der Waals surface area (Å²) in [5.41, 5.74) is 1.06. The van der Waals surface area contributed by atoms with E-state index in [2.05, 4.69) is 45.3 Å². The maximum Gasteiger partial charge on any atom is 0.287 e. The molecule has 8 heteroatoms. The summed E-state index contributed by atoms with van der Waals surface area (Å²) in [6.07, 6.45) is 0. The highest BCUT2D eigenvalue weighted by molar-refractivity contribution is 9.10. The van der Waals surface area contributed by atoms with Crippen molar-refractivity contribution in [2.75, 3.05) is 33.3 Å². The standard InChI is InChI=1S/C20H26BrN3O4/c1-4-24(5-2)16(14-7-6-8-15(11-14)27-3)12-22-19(25)13-23-20(26)17-9-10-18(21)28-17/h6-11,16H,4-5,12-13H2,1-3H3,(H,22,25)(H,23,26). The van der Waals surface area contributed by atoms with Crippen LogP contribution in [-0.4, -0.2) is 50.0 Å². The maximum atomic E-state index is 12.2. The number of hydrogen-bond acceptors (Lipinski definition) is 5. The third kappa shape index (κ3) is 6.10. The minimum atomic E-state index is -0.436. The summed E-state index contributed by atoms with van der Waals surface area (Å²) < 4.78 is 11.0. The van der Waals surface area contributed by atoms with Gasteiger partial charge in [-0.25, -0.2) is 0 Å². The molecule has 2 aromatic rings. The molecule has 28 heavy (non-hydrogen) atoms. The number of amides is 2. The third-order valence-corrected chi connectivity index (χ3v) is 4.86. The van der Waals surface area contributed by atoms with Gasteiger partial charge in [-0.05, 0) is 58.8 Å². The Kier molecular flexibility index (Phi) is 8.53. The molecule has 0 saturated carbocycles. The van der Waals surface area contributed by atoms with E-state index in [1.54, 1.807) is 13.2 Å². The molecular weight excluding hydrogens is 426 g/mol. The zero-order valence-corrected chi connectivity index (χ0v) is 17.9. The Morgan fingerprint density at radius 3 is 2.54 bits per heavy atom. The minimum Gasteiger partial charge on any atom is -0.497 e. The molecule has 1 aromatic carbocycles. The lowest BCUT2D eigenvalue weighted by molar-refractivity contribution is -0.120. The second kappa shape index (κ2) is 10.9. The van der Waals surface area contributed by atoms with Crippen molar-refractivity contribution in [3.63, 3.8) is 0 Å². The molecule has 0 spiro atoms. The molecule has 0 saturated heterocycles. The molecule has 2 rings (SSSR count). The van der Waals surface area contributed by atoms with Gasteiger partial charge in [0.2, 0.25) is 5.91 Å². The highest BCUT2D eigenvalue weighted by Gasteiger charge is 2.20. The molecular formula is C20H26BrN3O4. The van der Waals surface area contributed by atoms with Crippen molar-refractivity contribution in [2.24, 2.45) is 0 Å². The number of carbonyl (C=O) groups excluding carboxylic acids is 2. The average molecular weight is 452 g/mol. The van der Waals surface area contributed by atoms with Crippen LogP contribution in [0, 0.1) is 0 Å². The number of methoxy groups -OCH3 is 1. The normalized spacial score (nSPS) is 11.9. The van der Waals surface area contributed by atoms with Crippen molar-refractivity contribution >= 4 is 27.7 Å². The number of hydrogen-bond donors (Lipinski definition) is 2. The molecule has 0 bridgehead atoms. The zero-order chi connectivity index (χ0) is 20.5. The first-order valence-corrected chi connectivity index (χ1v) is 9.96. The van der Waals surface area contributed by atoms with E-state index < -0.39 is 5.91 Å². The predicted molar refractivity (Wildman–Crippen MR) is 110 cm³/mol. The van der Waals surface area contributed by atoms with E-state index in [0.29, 0.717) is 11.2 Å². The highest BCUT2D eigenvalue weighted by atomic mass is 79.9.